The molecule has 1 N–H and O–H groups in total. The second-order valence-electron chi connectivity index (χ2n) is 2.05. The molecule has 0 fully saturated rings. The normalized spacial score (nSPS) is 12.0. The van der Waals surface area contributed by atoms with Crippen LogP contribution in [0.25, 0.3) is 0 Å². The Morgan fingerprint density at radius 2 is 1.75 bits per heavy atom. The second kappa shape index (κ2) is 3.05. The molecule has 8 heavy (non-hydrogen) atoms. The first-order chi connectivity index (χ1) is 3.68. The number of aliphatic hydroxyl groups excluding tert-OH is 1. The highest BCUT2D eigenvalue weighted by molar-refractivity contribution is 4.71. The molecule has 0 atom stereocenters. The fourth-order valence-corrected chi connectivity index (χ4v) is 0.474. The van der Waals surface area contributed by atoms with Gasteiger partial charge in [-0.05, 0) is 12.8 Å². The van der Waals surface area contributed by atoms with E-state index in [1.807, 2.05) is 0 Å². The Kier molecular flexibility index (Phi) is 3.02. The van der Waals surface area contributed by atoms with Gasteiger partial charge >= 0.3 is 0 Å². The van der Waals surface area contributed by atoms with E-state index in [0.29, 0.717) is 12.8 Å². The average molecular weight is 117 g/mol. The SMILES string of the molecule is CCC([O])(CC)CO. The molecule has 0 aliphatic rings. The van der Waals surface area contributed by atoms with Crippen LogP contribution in [0.5, 0.6) is 0 Å². The standard InChI is InChI=1S/C6H13O2/c1-3-6(8,4-2)5-7/h7H,3-5H2,1-2H3. The molecule has 0 saturated heterocycles. The van der Waals surface area contributed by atoms with Crippen molar-refractivity contribution in [1.29, 1.82) is 0 Å². The predicted octanol–water partition coefficient (Wildman–Crippen LogP) is 0.968. The van der Waals surface area contributed by atoms with E-state index in [2.05, 4.69) is 0 Å². The fourth-order valence-electron chi connectivity index (χ4n) is 0.474. The summed E-state index contributed by atoms with van der Waals surface area (Å²) in [5.41, 5.74) is -1.07. The molecule has 2 heteroatoms. The highest BCUT2D eigenvalue weighted by Crippen LogP contribution is 2.13. The van der Waals surface area contributed by atoms with Crippen molar-refractivity contribution in [3.05, 3.63) is 0 Å². The first kappa shape index (κ1) is 7.92. The molecular weight excluding hydrogens is 104 g/mol. The lowest BCUT2D eigenvalue weighted by atomic mass is 9.99. The van der Waals surface area contributed by atoms with Gasteiger partial charge in [0.2, 0.25) is 0 Å². The van der Waals surface area contributed by atoms with Gasteiger partial charge in [-0.2, -0.15) is 0 Å². The molecule has 0 saturated carbocycles. The molecule has 2 nitrogen and oxygen atoms in total. The van der Waals surface area contributed by atoms with Gasteiger partial charge in [0.25, 0.3) is 0 Å². The fraction of sp³-hybridized carbons (Fsp3) is 1.00. The van der Waals surface area contributed by atoms with Crippen molar-refractivity contribution >= 4 is 0 Å². The first-order valence-electron chi connectivity index (χ1n) is 3.00. The van der Waals surface area contributed by atoms with Crippen LogP contribution in [0, 0.1) is 0 Å². The summed E-state index contributed by atoms with van der Waals surface area (Å²) in [5, 5.41) is 19.4. The molecule has 0 spiro atoms. The zero-order valence-corrected chi connectivity index (χ0v) is 5.48. The Morgan fingerprint density at radius 1 is 1.38 bits per heavy atom. The van der Waals surface area contributed by atoms with Gasteiger partial charge in [-0.1, -0.05) is 13.8 Å². The van der Waals surface area contributed by atoms with Gasteiger partial charge < -0.3 is 5.11 Å². The Balaban J connectivity index is 3.58. The molecular formula is C6H13O2. The molecule has 0 unspecified atom stereocenters. The van der Waals surface area contributed by atoms with E-state index in [-0.39, 0.29) is 6.61 Å². The van der Waals surface area contributed by atoms with Crippen molar-refractivity contribution in [2.24, 2.45) is 0 Å². The van der Waals surface area contributed by atoms with Crippen LogP contribution in [-0.4, -0.2) is 17.3 Å². The molecule has 0 aromatic rings. The van der Waals surface area contributed by atoms with Crippen LogP contribution in [0.1, 0.15) is 26.7 Å². The van der Waals surface area contributed by atoms with Crippen LogP contribution in [0.3, 0.4) is 0 Å². The van der Waals surface area contributed by atoms with Crippen LogP contribution in [0.15, 0.2) is 0 Å². The molecule has 0 bridgehead atoms. The molecule has 0 amide bonds. The Hall–Kier alpha value is -0.0800. The largest absolute Gasteiger partial charge is 0.393 e. The minimum atomic E-state index is -1.07. The van der Waals surface area contributed by atoms with Gasteiger partial charge in [0.15, 0.2) is 0 Å². The molecule has 0 aliphatic carbocycles. The van der Waals surface area contributed by atoms with Crippen LogP contribution < -0.4 is 0 Å². The smallest absolute Gasteiger partial charge is 0.126 e. The Morgan fingerprint density at radius 3 is 1.75 bits per heavy atom. The number of hydrogen-bond acceptors (Lipinski definition) is 1. The zero-order valence-electron chi connectivity index (χ0n) is 5.48. The number of rotatable bonds is 3. The summed E-state index contributed by atoms with van der Waals surface area (Å²) in [7, 11) is 0. The summed E-state index contributed by atoms with van der Waals surface area (Å²) in [6.45, 7) is 3.36. The lowest BCUT2D eigenvalue weighted by molar-refractivity contribution is -0.0750. The summed E-state index contributed by atoms with van der Waals surface area (Å²) in [6, 6.07) is 0. The first-order valence-corrected chi connectivity index (χ1v) is 3.00. The van der Waals surface area contributed by atoms with Gasteiger partial charge in [0.1, 0.15) is 5.60 Å². The quantitative estimate of drug-likeness (QED) is 0.587. The van der Waals surface area contributed by atoms with E-state index in [1.165, 1.54) is 0 Å². The maximum absolute atomic E-state index is 11.0. The topological polar surface area (TPSA) is 40.1 Å². The number of aliphatic hydroxyl groups is 1. The van der Waals surface area contributed by atoms with Crippen molar-refractivity contribution in [2.75, 3.05) is 6.61 Å². The maximum atomic E-state index is 11.0. The van der Waals surface area contributed by atoms with Crippen LogP contribution in [-0.2, 0) is 5.11 Å². The second-order valence-corrected chi connectivity index (χ2v) is 2.05. The zero-order chi connectivity index (χ0) is 6.62. The van der Waals surface area contributed by atoms with Crippen molar-refractivity contribution < 1.29 is 10.2 Å². The molecule has 49 valence electrons. The summed E-state index contributed by atoms with van der Waals surface area (Å²) in [6.07, 6.45) is 1.03. The third-order valence-corrected chi connectivity index (χ3v) is 1.58. The Bertz CT molecular complexity index is 49.3. The molecule has 0 heterocycles. The Labute approximate surface area is 50.2 Å². The molecule has 1 radical (unpaired) electrons. The van der Waals surface area contributed by atoms with E-state index < -0.39 is 5.60 Å². The molecule has 0 aromatic carbocycles. The van der Waals surface area contributed by atoms with Crippen molar-refractivity contribution in [2.45, 2.75) is 32.3 Å². The van der Waals surface area contributed by atoms with Gasteiger partial charge in [-0.25, -0.2) is 5.11 Å². The van der Waals surface area contributed by atoms with Gasteiger partial charge in [-0.3, -0.25) is 0 Å². The lowest BCUT2D eigenvalue weighted by Crippen LogP contribution is -2.29. The van der Waals surface area contributed by atoms with Crippen LogP contribution in [0.4, 0.5) is 0 Å². The highest BCUT2D eigenvalue weighted by Gasteiger charge is 2.22. The summed E-state index contributed by atoms with van der Waals surface area (Å²) in [4.78, 5) is 0. The third-order valence-electron chi connectivity index (χ3n) is 1.58. The minimum absolute atomic E-state index is 0.236. The monoisotopic (exact) mass is 117 g/mol. The molecule has 0 aliphatic heterocycles. The summed E-state index contributed by atoms with van der Waals surface area (Å²) < 4.78 is 0. The third kappa shape index (κ3) is 1.80. The van der Waals surface area contributed by atoms with E-state index in [1.54, 1.807) is 13.8 Å². The van der Waals surface area contributed by atoms with E-state index in [9.17, 15) is 5.11 Å². The minimum Gasteiger partial charge on any atom is -0.393 e. The predicted molar refractivity (Wildman–Crippen MR) is 31.1 cm³/mol. The van der Waals surface area contributed by atoms with Gasteiger partial charge in [0, 0.05) is 0 Å². The molecule has 0 aromatic heterocycles. The lowest BCUT2D eigenvalue weighted by Gasteiger charge is -2.17. The van der Waals surface area contributed by atoms with Crippen LogP contribution >= 0.6 is 0 Å². The van der Waals surface area contributed by atoms with Crippen molar-refractivity contribution in [3.8, 4) is 0 Å². The molecule has 0 rings (SSSR count). The van der Waals surface area contributed by atoms with E-state index >= 15 is 0 Å². The van der Waals surface area contributed by atoms with Gasteiger partial charge in [0.05, 0.1) is 6.61 Å². The highest BCUT2D eigenvalue weighted by atomic mass is 16.3. The average Bonchev–Trinajstić information content (AvgIpc) is 1.87. The maximum Gasteiger partial charge on any atom is 0.126 e. The van der Waals surface area contributed by atoms with Gasteiger partial charge in [-0.15, -0.1) is 0 Å². The van der Waals surface area contributed by atoms with Crippen molar-refractivity contribution in [1.82, 2.24) is 0 Å². The van der Waals surface area contributed by atoms with Crippen molar-refractivity contribution in [3.63, 3.8) is 0 Å². The van der Waals surface area contributed by atoms with E-state index in [4.69, 9.17) is 5.11 Å². The number of hydrogen-bond donors (Lipinski definition) is 1. The summed E-state index contributed by atoms with van der Waals surface area (Å²) in [5.74, 6) is 0. The summed E-state index contributed by atoms with van der Waals surface area (Å²) >= 11 is 0. The van der Waals surface area contributed by atoms with Crippen LogP contribution in [0.2, 0.25) is 0 Å². The van der Waals surface area contributed by atoms with E-state index in [0.717, 1.165) is 0 Å².